The summed E-state index contributed by atoms with van der Waals surface area (Å²) < 4.78 is 5.87. The zero-order valence-electron chi connectivity index (χ0n) is 10.1. The van der Waals surface area contributed by atoms with E-state index in [1.807, 2.05) is 6.07 Å². The molecule has 3 nitrogen and oxygen atoms in total. The van der Waals surface area contributed by atoms with Crippen LogP contribution < -0.4 is 0 Å². The molecule has 0 saturated carbocycles. The highest BCUT2D eigenvalue weighted by Crippen LogP contribution is 2.13. The Labute approximate surface area is 116 Å². The van der Waals surface area contributed by atoms with Gasteiger partial charge in [0.1, 0.15) is 0 Å². The number of carbonyl (C=O) groups is 1. The number of hydrogen-bond donors (Lipinski definition) is 1. The van der Waals surface area contributed by atoms with E-state index in [-0.39, 0.29) is 5.97 Å². The molecule has 1 aromatic carbocycles. The van der Waals surface area contributed by atoms with Crippen LogP contribution in [0.25, 0.3) is 0 Å². The van der Waals surface area contributed by atoms with Crippen molar-refractivity contribution in [2.45, 2.75) is 25.4 Å². The summed E-state index contributed by atoms with van der Waals surface area (Å²) in [5.74, 6) is -0.324. The molecule has 4 heteroatoms. The third-order valence-electron chi connectivity index (χ3n) is 2.38. The molecule has 0 radical (unpaired) electrons. The van der Waals surface area contributed by atoms with Crippen LogP contribution in [-0.2, 0) is 4.74 Å². The first-order valence-electron chi connectivity index (χ1n) is 5.83. The number of rotatable bonds is 7. The fourth-order valence-electron chi connectivity index (χ4n) is 1.50. The number of benzene rings is 1. The van der Waals surface area contributed by atoms with Gasteiger partial charge < -0.3 is 9.84 Å². The van der Waals surface area contributed by atoms with Gasteiger partial charge >= 0.3 is 5.97 Å². The second-order valence-electron chi connectivity index (χ2n) is 4.02. The summed E-state index contributed by atoms with van der Waals surface area (Å²) in [5, 5.41) is 9.57. The Morgan fingerprint density at radius 3 is 2.67 bits per heavy atom. The van der Waals surface area contributed by atoms with E-state index in [1.54, 1.807) is 24.3 Å². The molecule has 0 spiro atoms. The van der Waals surface area contributed by atoms with Crippen LogP contribution in [0.2, 0.25) is 0 Å². The average Bonchev–Trinajstić information content (AvgIpc) is 2.34. The predicted molar refractivity (Wildman–Crippen MR) is 74.6 cm³/mol. The lowest BCUT2D eigenvalue weighted by molar-refractivity contribution is 0.0477. The highest BCUT2D eigenvalue weighted by atomic mass is 79.9. The van der Waals surface area contributed by atoms with Crippen LogP contribution >= 0.6 is 15.9 Å². The maximum absolute atomic E-state index is 11.6. The first kappa shape index (κ1) is 14.9. The second kappa shape index (κ2) is 8.06. The van der Waals surface area contributed by atoms with Gasteiger partial charge in [0.15, 0.2) is 0 Å². The highest BCUT2D eigenvalue weighted by Gasteiger charge is 2.08. The van der Waals surface area contributed by atoms with Crippen LogP contribution in [0.1, 0.15) is 29.6 Å². The quantitative estimate of drug-likeness (QED) is 0.621. The lowest BCUT2D eigenvalue weighted by Crippen LogP contribution is -2.10. The molecule has 0 saturated heterocycles. The minimum absolute atomic E-state index is 0.319. The van der Waals surface area contributed by atoms with Gasteiger partial charge in [0.05, 0.1) is 18.3 Å². The van der Waals surface area contributed by atoms with Crippen molar-refractivity contribution in [1.82, 2.24) is 0 Å². The van der Waals surface area contributed by atoms with E-state index in [4.69, 9.17) is 4.74 Å². The van der Waals surface area contributed by atoms with E-state index >= 15 is 0 Å². The number of ether oxygens (including phenoxy) is 1. The van der Waals surface area contributed by atoms with E-state index in [9.17, 15) is 9.90 Å². The highest BCUT2D eigenvalue weighted by molar-refractivity contribution is 9.11. The molecule has 1 aromatic rings. The van der Waals surface area contributed by atoms with Crippen molar-refractivity contribution in [3.63, 3.8) is 0 Å². The lowest BCUT2D eigenvalue weighted by Gasteiger charge is -2.09. The first-order valence-corrected chi connectivity index (χ1v) is 6.62. The van der Waals surface area contributed by atoms with Crippen molar-refractivity contribution < 1.29 is 14.6 Å². The Morgan fingerprint density at radius 1 is 1.39 bits per heavy atom. The number of aliphatic hydroxyl groups is 1. The molecule has 0 aromatic heterocycles. The maximum Gasteiger partial charge on any atom is 0.338 e. The summed E-state index contributed by atoms with van der Waals surface area (Å²) in [6.07, 6.45) is 1.31. The SMILES string of the molecule is C=C(Br)CC(O)CCCOC(=O)c1ccccc1. The van der Waals surface area contributed by atoms with Crippen molar-refractivity contribution in [2.75, 3.05) is 6.61 Å². The molecule has 0 aliphatic heterocycles. The molecule has 0 heterocycles. The van der Waals surface area contributed by atoms with Crippen LogP contribution in [0, 0.1) is 0 Å². The molecule has 0 amide bonds. The van der Waals surface area contributed by atoms with E-state index in [2.05, 4.69) is 22.5 Å². The Hall–Kier alpha value is -1.13. The van der Waals surface area contributed by atoms with Crippen molar-refractivity contribution in [1.29, 1.82) is 0 Å². The summed E-state index contributed by atoms with van der Waals surface area (Å²) in [6, 6.07) is 8.86. The maximum atomic E-state index is 11.6. The smallest absolute Gasteiger partial charge is 0.338 e. The van der Waals surface area contributed by atoms with Gasteiger partial charge in [-0.3, -0.25) is 0 Å². The van der Waals surface area contributed by atoms with Gasteiger partial charge in [-0.25, -0.2) is 4.79 Å². The number of esters is 1. The molecule has 0 aliphatic rings. The molecule has 1 rings (SSSR count). The van der Waals surface area contributed by atoms with Gasteiger partial charge in [0.2, 0.25) is 0 Å². The van der Waals surface area contributed by atoms with Crippen molar-refractivity contribution in [2.24, 2.45) is 0 Å². The molecule has 1 unspecified atom stereocenters. The Morgan fingerprint density at radius 2 is 2.06 bits per heavy atom. The Bertz CT molecular complexity index is 389. The lowest BCUT2D eigenvalue weighted by atomic mass is 10.1. The van der Waals surface area contributed by atoms with Gasteiger partial charge in [-0.2, -0.15) is 0 Å². The van der Waals surface area contributed by atoms with Gasteiger partial charge in [-0.1, -0.05) is 40.7 Å². The summed E-state index contributed by atoms with van der Waals surface area (Å²) in [5.41, 5.74) is 0.548. The molecular weight excluding hydrogens is 296 g/mol. The zero-order chi connectivity index (χ0) is 13.4. The zero-order valence-corrected chi connectivity index (χ0v) is 11.7. The fraction of sp³-hybridized carbons (Fsp3) is 0.357. The standard InChI is InChI=1S/C14H17BrO3/c1-11(15)10-13(16)8-5-9-18-14(17)12-6-3-2-4-7-12/h2-4,6-7,13,16H,1,5,8-10H2. The average molecular weight is 313 g/mol. The minimum Gasteiger partial charge on any atom is -0.462 e. The normalized spacial score (nSPS) is 11.9. The monoisotopic (exact) mass is 312 g/mol. The summed E-state index contributed by atoms with van der Waals surface area (Å²) in [7, 11) is 0. The van der Waals surface area contributed by atoms with E-state index in [0.29, 0.717) is 31.4 Å². The molecule has 18 heavy (non-hydrogen) atoms. The van der Waals surface area contributed by atoms with E-state index < -0.39 is 6.10 Å². The number of halogens is 1. The molecule has 0 aliphatic carbocycles. The van der Waals surface area contributed by atoms with Crippen LogP contribution in [0.15, 0.2) is 41.4 Å². The van der Waals surface area contributed by atoms with Gasteiger partial charge in [-0.05, 0) is 29.5 Å². The molecule has 0 bridgehead atoms. The number of carbonyl (C=O) groups excluding carboxylic acids is 1. The van der Waals surface area contributed by atoms with Crippen LogP contribution in [0.3, 0.4) is 0 Å². The third kappa shape index (κ3) is 5.98. The molecule has 0 fully saturated rings. The molecule has 1 atom stereocenters. The minimum atomic E-state index is -0.438. The topological polar surface area (TPSA) is 46.5 Å². The van der Waals surface area contributed by atoms with Crippen molar-refractivity contribution in [3.8, 4) is 0 Å². The number of aliphatic hydroxyl groups excluding tert-OH is 1. The van der Waals surface area contributed by atoms with Gasteiger partial charge in [0.25, 0.3) is 0 Å². The van der Waals surface area contributed by atoms with Gasteiger partial charge in [0, 0.05) is 6.42 Å². The van der Waals surface area contributed by atoms with Crippen molar-refractivity contribution >= 4 is 21.9 Å². The first-order chi connectivity index (χ1) is 8.59. The van der Waals surface area contributed by atoms with E-state index in [0.717, 1.165) is 4.48 Å². The third-order valence-corrected chi connectivity index (χ3v) is 2.71. The summed E-state index contributed by atoms with van der Waals surface area (Å²) >= 11 is 3.20. The fourth-order valence-corrected chi connectivity index (χ4v) is 1.87. The predicted octanol–water partition coefficient (Wildman–Crippen LogP) is 3.28. The summed E-state index contributed by atoms with van der Waals surface area (Å²) in [6.45, 7) is 3.98. The molecular formula is C14H17BrO3. The largest absolute Gasteiger partial charge is 0.462 e. The Kier molecular flexibility index (Phi) is 6.68. The molecule has 98 valence electrons. The second-order valence-corrected chi connectivity index (χ2v) is 5.14. The Balaban J connectivity index is 2.19. The van der Waals surface area contributed by atoms with E-state index in [1.165, 1.54) is 0 Å². The summed E-state index contributed by atoms with van der Waals surface area (Å²) in [4.78, 5) is 11.6. The van der Waals surface area contributed by atoms with Gasteiger partial charge in [-0.15, -0.1) is 0 Å². The van der Waals surface area contributed by atoms with Crippen LogP contribution in [-0.4, -0.2) is 23.8 Å². The molecule has 1 N–H and O–H groups in total. The van der Waals surface area contributed by atoms with Crippen molar-refractivity contribution in [3.05, 3.63) is 47.0 Å². The van der Waals surface area contributed by atoms with Crippen LogP contribution in [0.4, 0.5) is 0 Å². The van der Waals surface area contributed by atoms with Crippen LogP contribution in [0.5, 0.6) is 0 Å². The number of hydrogen-bond acceptors (Lipinski definition) is 3.